The Bertz CT molecular complexity index is 1530. The highest BCUT2D eigenvalue weighted by Gasteiger charge is 2.28. The van der Waals surface area contributed by atoms with Gasteiger partial charge in [0.25, 0.3) is 15.9 Å². The number of carbonyl (C=O) groups is 1. The largest absolute Gasteiger partial charge is 0.339 e. The van der Waals surface area contributed by atoms with Crippen molar-refractivity contribution in [3.8, 4) is 0 Å². The molecule has 36 heavy (non-hydrogen) atoms. The quantitative estimate of drug-likeness (QED) is 0.340. The molecule has 0 radical (unpaired) electrons. The Morgan fingerprint density at radius 1 is 0.972 bits per heavy atom. The van der Waals surface area contributed by atoms with E-state index in [9.17, 15) is 13.2 Å². The average Bonchev–Trinajstić information content (AvgIpc) is 3.29. The van der Waals surface area contributed by atoms with Crippen molar-refractivity contribution in [1.29, 1.82) is 0 Å². The van der Waals surface area contributed by atoms with Gasteiger partial charge in [0, 0.05) is 29.5 Å². The van der Waals surface area contributed by atoms with Gasteiger partial charge in [-0.2, -0.15) is 8.42 Å². The molecule has 0 aliphatic carbocycles. The van der Waals surface area contributed by atoms with Crippen molar-refractivity contribution in [3.63, 3.8) is 0 Å². The molecule has 1 N–H and O–H groups in total. The van der Waals surface area contributed by atoms with E-state index in [-0.39, 0.29) is 17.5 Å². The van der Waals surface area contributed by atoms with Gasteiger partial charge in [-0.1, -0.05) is 35.9 Å². The van der Waals surface area contributed by atoms with Crippen molar-refractivity contribution in [2.24, 2.45) is 7.05 Å². The summed E-state index contributed by atoms with van der Waals surface area (Å²) in [7, 11) is -2.20. The van der Waals surface area contributed by atoms with Gasteiger partial charge in [-0.3, -0.25) is 9.10 Å². The van der Waals surface area contributed by atoms with Crippen molar-refractivity contribution in [3.05, 3.63) is 106 Å². The lowest BCUT2D eigenvalue weighted by molar-refractivity contribution is 0.102. The summed E-state index contributed by atoms with van der Waals surface area (Å²) in [5, 5.41) is 3.38. The maximum Gasteiger partial charge on any atom is 0.283 e. The number of amides is 1. The van der Waals surface area contributed by atoms with E-state index in [0.717, 1.165) is 22.3 Å². The van der Waals surface area contributed by atoms with Crippen LogP contribution in [0.1, 0.15) is 32.6 Å². The Kier molecular flexibility index (Phi) is 7.19. The van der Waals surface area contributed by atoms with Crippen LogP contribution < -0.4 is 9.62 Å². The van der Waals surface area contributed by atoms with Crippen LogP contribution in [0.5, 0.6) is 0 Å². The van der Waals surface area contributed by atoms with E-state index in [0.29, 0.717) is 22.0 Å². The van der Waals surface area contributed by atoms with Crippen molar-refractivity contribution in [2.75, 3.05) is 9.62 Å². The SMILES string of the molecule is Cc1ccc(N(Cc2ccc(C(=O)Nc3cc(Cl)ccc3C)cc2)S(=O)(=O)c2cn(C)cn2)cc1C. The number of aryl methyl sites for hydroxylation is 4. The number of benzene rings is 3. The number of rotatable bonds is 7. The van der Waals surface area contributed by atoms with Gasteiger partial charge in [-0.15, -0.1) is 0 Å². The Morgan fingerprint density at radius 2 is 1.67 bits per heavy atom. The number of hydrogen-bond acceptors (Lipinski definition) is 4. The predicted octanol–water partition coefficient (Wildman–Crippen LogP) is 5.65. The monoisotopic (exact) mass is 522 g/mol. The maximum atomic E-state index is 13.6. The summed E-state index contributed by atoms with van der Waals surface area (Å²) < 4.78 is 30.1. The standard InChI is InChI=1S/C27H27ClN4O3S/c1-18-6-12-24(13-20(18)3)32(36(34,35)26-16-31(4)17-29-26)15-21-7-9-22(10-8-21)27(33)30-25-14-23(28)11-5-19(25)2/h5-14,16-17H,15H2,1-4H3,(H,30,33). The normalized spacial score (nSPS) is 11.4. The van der Waals surface area contributed by atoms with Crippen molar-refractivity contribution in [2.45, 2.75) is 32.3 Å². The van der Waals surface area contributed by atoms with E-state index >= 15 is 0 Å². The molecule has 9 heteroatoms. The van der Waals surface area contributed by atoms with Crippen molar-refractivity contribution in [1.82, 2.24) is 9.55 Å². The number of anilines is 2. The second-order valence-electron chi connectivity index (χ2n) is 8.77. The molecule has 0 spiro atoms. The molecule has 4 rings (SSSR count). The molecule has 0 bridgehead atoms. The summed E-state index contributed by atoms with van der Waals surface area (Å²) in [5.74, 6) is -0.279. The van der Waals surface area contributed by atoms with Crippen LogP contribution in [0.2, 0.25) is 5.02 Å². The first-order valence-corrected chi connectivity index (χ1v) is 13.1. The molecule has 1 aromatic heterocycles. The second-order valence-corrected chi connectivity index (χ2v) is 11.0. The third-order valence-corrected chi connectivity index (χ3v) is 7.90. The van der Waals surface area contributed by atoms with E-state index in [1.807, 2.05) is 39.0 Å². The number of hydrogen-bond donors (Lipinski definition) is 1. The first kappa shape index (κ1) is 25.5. The highest BCUT2D eigenvalue weighted by molar-refractivity contribution is 7.92. The van der Waals surface area contributed by atoms with Gasteiger partial charge in [-0.05, 0) is 79.4 Å². The molecule has 1 amide bonds. The van der Waals surface area contributed by atoms with Crippen LogP contribution in [0.4, 0.5) is 11.4 Å². The van der Waals surface area contributed by atoms with Gasteiger partial charge in [0.1, 0.15) is 0 Å². The smallest absolute Gasteiger partial charge is 0.283 e. The summed E-state index contributed by atoms with van der Waals surface area (Å²) >= 11 is 6.06. The zero-order valence-corrected chi connectivity index (χ0v) is 22.1. The molecule has 0 aliphatic rings. The molecule has 4 aromatic rings. The zero-order valence-electron chi connectivity index (χ0n) is 20.5. The number of carbonyl (C=O) groups excluding carboxylic acids is 1. The second kappa shape index (κ2) is 10.2. The van der Waals surface area contributed by atoms with Crippen LogP contribution in [0.25, 0.3) is 0 Å². The third-order valence-electron chi connectivity index (χ3n) is 6.00. The highest BCUT2D eigenvalue weighted by Crippen LogP contribution is 2.27. The molecule has 1 heterocycles. The lowest BCUT2D eigenvalue weighted by Crippen LogP contribution is -2.31. The van der Waals surface area contributed by atoms with E-state index in [4.69, 9.17) is 11.6 Å². The molecule has 3 aromatic carbocycles. The molecule has 0 saturated carbocycles. The molecule has 0 fully saturated rings. The minimum Gasteiger partial charge on any atom is -0.339 e. The average molecular weight is 523 g/mol. The van der Waals surface area contributed by atoms with Crippen molar-refractivity contribution < 1.29 is 13.2 Å². The van der Waals surface area contributed by atoms with E-state index in [1.54, 1.807) is 54.1 Å². The zero-order chi connectivity index (χ0) is 26.0. The van der Waals surface area contributed by atoms with Crippen LogP contribution in [0, 0.1) is 20.8 Å². The molecular weight excluding hydrogens is 496 g/mol. The van der Waals surface area contributed by atoms with E-state index in [1.165, 1.54) is 16.8 Å². The third kappa shape index (κ3) is 5.45. The topological polar surface area (TPSA) is 84.3 Å². The summed E-state index contributed by atoms with van der Waals surface area (Å²) in [6.45, 7) is 5.89. The minimum absolute atomic E-state index is 0.0314. The number of nitrogens with one attached hydrogen (secondary N) is 1. The van der Waals surface area contributed by atoms with Gasteiger partial charge in [0.2, 0.25) is 0 Å². The van der Waals surface area contributed by atoms with E-state index in [2.05, 4.69) is 10.3 Å². The fraction of sp³-hybridized carbons (Fsp3) is 0.185. The van der Waals surface area contributed by atoms with Crippen LogP contribution in [0.15, 0.2) is 78.2 Å². The number of halogens is 1. The van der Waals surface area contributed by atoms with Crippen LogP contribution in [-0.4, -0.2) is 23.9 Å². The van der Waals surface area contributed by atoms with Crippen LogP contribution in [0.3, 0.4) is 0 Å². The number of imidazole rings is 1. The van der Waals surface area contributed by atoms with Gasteiger partial charge in [-0.25, -0.2) is 4.98 Å². The first-order valence-electron chi connectivity index (χ1n) is 11.3. The number of aromatic nitrogens is 2. The highest BCUT2D eigenvalue weighted by atomic mass is 35.5. The Labute approximate surface area is 216 Å². The van der Waals surface area contributed by atoms with Gasteiger partial charge >= 0.3 is 0 Å². The molecule has 7 nitrogen and oxygen atoms in total. The molecule has 0 unspecified atom stereocenters. The van der Waals surface area contributed by atoms with Crippen LogP contribution in [-0.2, 0) is 23.6 Å². The Hall–Kier alpha value is -3.62. The fourth-order valence-electron chi connectivity index (χ4n) is 3.68. The Morgan fingerprint density at radius 3 is 2.31 bits per heavy atom. The van der Waals surface area contributed by atoms with Gasteiger partial charge in [0.15, 0.2) is 5.03 Å². The van der Waals surface area contributed by atoms with Crippen LogP contribution >= 0.6 is 11.6 Å². The molecule has 0 aliphatic heterocycles. The van der Waals surface area contributed by atoms with Crippen molar-refractivity contribution >= 4 is 38.9 Å². The van der Waals surface area contributed by atoms with Gasteiger partial charge < -0.3 is 9.88 Å². The predicted molar refractivity (Wildman–Crippen MR) is 143 cm³/mol. The lowest BCUT2D eigenvalue weighted by atomic mass is 10.1. The lowest BCUT2D eigenvalue weighted by Gasteiger charge is -2.24. The molecular formula is C27H27ClN4O3S. The number of sulfonamides is 1. The van der Waals surface area contributed by atoms with Gasteiger partial charge in [0.05, 0.1) is 18.6 Å². The maximum absolute atomic E-state index is 13.6. The van der Waals surface area contributed by atoms with E-state index < -0.39 is 10.0 Å². The summed E-state index contributed by atoms with van der Waals surface area (Å²) in [4.78, 5) is 16.9. The summed E-state index contributed by atoms with van der Waals surface area (Å²) in [6, 6.07) is 17.7. The molecule has 0 saturated heterocycles. The summed E-state index contributed by atoms with van der Waals surface area (Å²) in [6.07, 6.45) is 2.94. The Balaban J connectivity index is 1.62. The summed E-state index contributed by atoms with van der Waals surface area (Å²) in [5.41, 5.74) is 5.30. The first-order chi connectivity index (χ1) is 17.0. The molecule has 186 valence electrons. The fourth-order valence-corrected chi connectivity index (χ4v) is 5.27. The minimum atomic E-state index is -3.93. The molecule has 0 atom stereocenters. The number of nitrogens with zero attached hydrogens (tertiary/aromatic N) is 3.